The minimum atomic E-state index is -0.245. The molecule has 0 spiro atoms. The fourth-order valence-electron chi connectivity index (χ4n) is 2.22. The summed E-state index contributed by atoms with van der Waals surface area (Å²) in [5.41, 5.74) is 10.3. The van der Waals surface area contributed by atoms with Crippen LogP contribution in [0.1, 0.15) is 5.56 Å². The lowest BCUT2D eigenvalue weighted by atomic mass is 10.0. The van der Waals surface area contributed by atoms with Crippen molar-refractivity contribution in [3.05, 3.63) is 59.9 Å². The summed E-state index contributed by atoms with van der Waals surface area (Å²) in [7, 11) is 0. The molecule has 2 N–H and O–H groups in total. The number of rotatable bonds is 1. The van der Waals surface area contributed by atoms with Crippen LogP contribution in [0.5, 0.6) is 0 Å². The van der Waals surface area contributed by atoms with Crippen LogP contribution in [-0.4, -0.2) is 4.98 Å². The summed E-state index contributed by atoms with van der Waals surface area (Å²) in [6.45, 7) is 2.00. The molecule has 1 heterocycles. The maximum Gasteiger partial charge on any atom is 0.123 e. The molecule has 0 fully saturated rings. The third kappa shape index (κ3) is 2.15. The van der Waals surface area contributed by atoms with Crippen LogP contribution >= 0.6 is 0 Å². The predicted octanol–water partition coefficient (Wildman–Crippen LogP) is 3.93. The van der Waals surface area contributed by atoms with E-state index in [1.165, 1.54) is 12.1 Å². The van der Waals surface area contributed by atoms with Crippen LogP contribution in [0, 0.1) is 12.7 Å². The SMILES string of the molecule is Cc1cc(N)ccc1-c1ccc2cc(F)ccc2n1. The molecule has 1 aromatic heterocycles. The number of anilines is 1. The van der Waals surface area contributed by atoms with E-state index in [1.807, 2.05) is 37.3 Å². The van der Waals surface area contributed by atoms with Gasteiger partial charge in [0.1, 0.15) is 5.82 Å². The van der Waals surface area contributed by atoms with Crippen LogP contribution in [0.2, 0.25) is 0 Å². The molecule has 0 atom stereocenters. The molecular weight excluding hydrogens is 239 g/mol. The largest absolute Gasteiger partial charge is 0.399 e. The van der Waals surface area contributed by atoms with Crippen molar-refractivity contribution in [2.24, 2.45) is 0 Å². The van der Waals surface area contributed by atoms with Crippen LogP contribution in [0.4, 0.5) is 10.1 Å². The lowest BCUT2D eigenvalue weighted by Crippen LogP contribution is -1.91. The van der Waals surface area contributed by atoms with Gasteiger partial charge >= 0.3 is 0 Å². The zero-order valence-electron chi connectivity index (χ0n) is 10.5. The number of benzene rings is 2. The van der Waals surface area contributed by atoms with E-state index in [0.29, 0.717) is 0 Å². The number of fused-ring (bicyclic) bond motifs is 1. The van der Waals surface area contributed by atoms with Crippen LogP contribution in [0.3, 0.4) is 0 Å². The number of hydrogen-bond donors (Lipinski definition) is 1. The van der Waals surface area contributed by atoms with Crippen molar-refractivity contribution in [2.75, 3.05) is 5.73 Å². The number of nitrogens with two attached hydrogens (primary N) is 1. The lowest BCUT2D eigenvalue weighted by molar-refractivity contribution is 0.629. The number of halogens is 1. The molecule has 0 aliphatic heterocycles. The number of aryl methyl sites for hydroxylation is 1. The second kappa shape index (κ2) is 4.35. The smallest absolute Gasteiger partial charge is 0.123 e. The van der Waals surface area contributed by atoms with Crippen molar-refractivity contribution in [2.45, 2.75) is 6.92 Å². The molecule has 0 amide bonds. The molecule has 0 aliphatic rings. The molecule has 0 saturated carbocycles. The molecule has 0 aliphatic carbocycles. The Labute approximate surface area is 110 Å². The highest BCUT2D eigenvalue weighted by atomic mass is 19.1. The van der Waals surface area contributed by atoms with E-state index in [1.54, 1.807) is 6.07 Å². The van der Waals surface area contributed by atoms with Gasteiger partial charge in [-0.25, -0.2) is 9.37 Å². The molecule has 3 aromatic rings. The molecule has 0 bridgehead atoms. The molecule has 3 rings (SSSR count). The zero-order valence-corrected chi connectivity index (χ0v) is 10.5. The van der Waals surface area contributed by atoms with Crippen molar-refractivity contribution >= 4 is 16.6 Å². The predicted molar refractivity (Wildman–Crippen MR) is 76.3 cm³/mol. The number of pyridine rings is 1. The highest BCUT2D eigenvalue weighted by Crippen LogP contribution is 2.25. The minimum absolute atomic E-state index is 0.245. The first-order valence-corrected chi connectivity index (χ1v) is 6.06. The van der Waals surface area contributed by atoms with Gasteiger partial charge < -0.3 is 5.73 Å². The number of aromatic nitrogens is 1. The van der Waals surface area contributed by atoms with E-state index in [2.05, 4.69) is 4.98 Å². The number of nitrogens with zero attached hydrogens (tertiary/aromatic N) is 1. The van der Waals surface area contributed by atoms with Gasteiger partial charge in [-0.15, -0.1) is 0 Å². The first-order chi connectivity index (χ1) is 9.13. The zero-order chi connectivity index (χ0) is 13.4. The average molecular weight is 252 g/mol. The Bertz CT molecular complexity index is 766. The van der Waals surface area contributed by atoms with E-state index >= 15 is 0 Å². The summed E-state index contributed by atoms with van der Waals surface area (Å²) in [6.07, 6.45) is 0. The Morgan fingerprint density at radius 3 is 2.63 bits per heavy atom. The third-order valence-electron chi connectivity index (χ3n) is 3.18. The summed E-state index contributed by atoms with van der Waals surface area (Å²) in [5.74, 6) is -0.245. The number of hydrogen-bond acceptors (Lipinski definition) is 2. The fourth-order valence-corrected chi connectivity index (χ4v) is 2.22. The fraction of sp³-hybridized carbons (Fsp3) is 0.0625. The number of nitrogen functional groups attached to an aromatic ring is 1. The van der Waals surface area contributed by atoms with Crippen LogP contribution in [0.25, 0.3) is 22.2 Å². The van der Waals surface area contributed by atoms with E-state index in [-0.39, 0.29) is 5.82 Å². The molecule has 94 valence electrons. The first-order valence-electron chi connectivity index (χ1n) is 6.06. The second-order valence-electron chi connectivity index (χ2n) is 4.61. The molecule has 0 unspecified atom stereocenters. The molecular formula is C16H13FN2. The molecule has 0 radical (unpaired) electrons. The van der Waals surface area contributed by atoms with Crippen LogP contribution in [0.15, 0.2) is 48.5 Å². The summed E-state index contributed by atoms with van der Waals surface area (Å²) in [5, 5.41) is 0.803. The van der Waals surface area contributed by atoms with Gasteiger partial charge in [0.05, 0.1) is 11.2 Å². The molecule has 0 saturated heterocycles. The van der Waals surface area contributed by atoms with Crippen molar-refractivity contribution in [3.63, 3.8) is 0 Å². The summed E-state index contributed by atoms with van der Waals surface area (Å²) in [4.78, 5) is 4.57. The summed E-state index contributed by atoms with van der Waals surface area (Å²) >= 11 is 0. The Kier molecular flexibility index (Phi) is 2.67. The Morgan fingerprint density at radius 2 is 1.84 bits per heavy atom. The van der Waals surface area contributed by atoms with Gasteiger partial charge in [-0.2, -0.15) is 0 Å². The quantitative estimate of drug-likeness (QED) is 0.666. The van der Waals surface area contributed by atoms with Gasteiger partial charge in [-0.3, -0.25) is 0 Å². The topological polar surface area (TPSA) is 38.9 Å². The molecule has 19 heavy (non-hydrogen) atoms. The molecule has 3 heteroatoms. The Balaban J connectivity index is 2.17. The van der Waals surface area contributed by atoms with Gasteiger partial charge in [-0.05, 0) is 48.9 Å². The lowest BCUT2D eigenvalue weighted by Gasteiger charge is -2.07. The Hall–Kier alpha value is -2.42. The summed E-state index contributed by atoms with van der Waals surface area (Å²) in [6, 6.07) is 14.1. The van der Waals surface area contributed by atoms with Crippen molar-refractivity contribution in [3.8, 4) is 11.3 Å². The highest BCUT2D eigenvalue weighted by Gasteiger charge is 2.05. The van der Waals surface area contributed by atoms with E-state index in [4.69, 9.17) is 5.73 Å². The Morgan fingerprint density at radius 1 is 1.00 bits per heavy atom. The average Bonchev–Trinajstić information content (AvgIpc) is 2.38. The van der Waals surface area contributed by atoms with Gasteiger partial charge in [-0.1, -0.05) is 12.1 Å². The van der Waals surface area contributed by atoms with Gasteiger partial charge in [0, 0.05) is 16.6 Å². The maximum atomic E-state index is 13.1. The minimum Gasteiger partial charge on any atom is -0.399 e. The maximum absolute atomic E-state index is 13.1. The van der Waals surface area contributed by atoms with E-state index < -0.39 is 0 Å². The van der Waals surface area contributed by atoms with Crippen molar-refractivity contribution in [1.29, 1.82) is 0 Å². The van der Waals surface area contributed by atoms with Gasteiger partial charge in [0.2, 0.25) is 0 Å². The highest BCUT2D eigenvalue weighted by molar-refractivity contribution is 5.82. The van der Waals surface area contributed by atoms with E-state index in [0.717, 1.165) is 33.4 Å². The molecule has 2 aromatic carbocycles. The van der Waals surface area contributed by atoms with Gasteiger partial charge in [0.25, 0.3) is 0 Å². The van der Waals surface area contributed by atoms with Crippen LogP contribution < -0.4 is 5.73 Å². The molecule has 2 nitrogen and oxygen atoms in total. The monoisotopic (exact) mass is 252 g/mol. The van der Waals surface area contributed by atoms with E-state index in [9.17, 15) is 4.39 Å². The first kappa shape index (κ1) is 11.7. The van der Waals surface area contributed by atoms with Gasteiger partial charge in [0.15, 0.2) is 0 Å². The summed E-state index contributed by atoms with van der Waals surface area (Å²) < 4.78 is 13.1. The third-order valence-corrected chi connectivity index (χ3v) is 3.18. The van der Waals surface area contributed by atoms with Crippen LogP contribution in [-0.2, 0) is 0 Å². The second-order valence-corrected chi connectivity index (χ2v) is 4.61. The van der Waals surface area contributed by atoms with Crippen molar-refractivity contribution in [1.82, 2.24) is 4.98 Å². The standard InChI is InChI=1S/C16H13FN2/c1-10-8-13(18)4-5-14(10)16-6-2-11-9-12(17)3-7-15(11)19-16/h2-9H,18H2,1H3. The van der Waals surface area contributed by atoms with Crippen molar-refractivity contribution < 1.29 is 4.39 Å². The normalized spacial score (nSPS) is 10.8.